The zero-order valence-electron chi connectivity index (χ0n) is 15.9. The second kappa shape index (κ2) is 8.02. The molecule has 1 aromatic heterocycles. The van der Waals surface area contributed by atoms with Gasteiger partial charge < -0.3 is 9.84 Å². The zero-order chi connectivity index (χ0) is 19.5. The lowest BCUT2D eigenvalue weighted by molar-refractivity contribution is 0.196. The lowest BCUT2D eigenvalue weighted by Gasteiger charge is -2.33. The Morgan fingerprint density at radius 3 is 3.00 bits per heavy atom. The number of likely N-dealkylation sites (tertiary alicyclic amines) is 1. The molecule has 1 atom stereocenters. The van der Waals surface area contributed by atoms with Gasteiger partial charge in [0.25, 0.3) is 0 Å². The number of aromatic hydroxyl groups is 1. The van der Waals surface area contributed by atoms with Gasteiger partial charge in [-0.1, -0.05) is 12.1 Å². The van der Waals surface area contributed by atoms with E-state index in [1.54, 1.807) is 37.6 Å². The summed E-state index contributed by atoms with van der Waals surface area (Å²) in [6, 6.07) is 11.9. The van der Waals surface area contributed by atoms with E-state index in [1.165, 1.54) is 6.07 Å². The van der Waals surface area contributed by atoms with Gasteiger partial charge in [-0.3, -0.25) is 10.00 Å². The molecule has 2 heterocycles. The Kier molecular flexibility index (Phi) is 5.30. The van der Waals surface area contributed by atoms with E-state index in [9.17, 15) is 9.50 Å². The van der Waals surface area contributed by atoms with Crippen molar-refractivity contribution in [3.63, 3.8) is 0 Å². The lowest BCUT2D eigenvalue weighted by Crippen LogP contribution is -2.34. The second-order valence-electron chi connectivity index (χ2n) is 7.28. The third-order valence-corrected chi connectivity index (χ3v) is 5.40. The van der Waals surface area contributed by atoms with Gasteiger partial charge in [0.15, 0.2) is 0 Å². The van der Waals surface area contributed by atoms with Gasteiger partial charge in [-0.05, 0) is 55.3 Å². The van der Waals surface area contributed by atoms with E-state index in [4.69, 9.17) is 4.74 Å². The number of hydrogen-bond donors (Lipinski definition) is 2. The molecule has 0 aliphatic carbocycles. The van der Waals surface area contributed by atoms with E-state index in [0.29, 0.717) is 6.54 Å². The smallest absolute Gasteiger partial charge is 0.123 e. The number of H-pyrrole nitrogens is 1. The number of nitrogens with zero attached hydrogens (tertiary/aromatic N) is 2. The summed E-state index contributed by atoms with van der Waals surface area (Å²) in [5, 5.41) is 17.6. The van der Waals surface area contributed by atoms with Gasteiger partial charge in [0.2, 0.25) is 0 Å². The van der Waals surface area contributed by atoms with Gasteiger partial charge in [-0.25, -0.2) is 4.39 Å². The summed E-state index contributed by atoms with van der Waals surface area (Å²) < 4.78 is 18.9. The highest BCUT2D eigenvalue weighted by atomic mass is 19.1. The van der Waals surface area contributed by atoms with Crippen molar-refractivity contribution in [3.05, 3.63) is 65.7 Å². The first-order valence-corrected chi connectivity index (χ1v) is 9.51. The quantitative estimate of drug-likeness (QED) is 0.691. The van der Waals surface area contributed by atoms with Crippen LogP contribution < -0.4 is 4.74 Å². The van der Waals surface area contributed by atoms with Crippen LogP contribution in [0.1, 0.15) is 30.0 Å². The van der Waals surface area contributed by atoms with Gasteiger partial charge in [0.05, 0.1) is 13.3 Å². The molecule has 1 saturated heterocycles. The second-order valence-corrected chi connectivity index (χ2v) is 7.28. The highest BCUT2D eigenvalue weighted by molar-refractivity contribution is 5.65. The summed E-state index contributed by atoms with van der Waals surface area (Å²) in [5.41, 5.74) is 3.70. The molecule has 4 rings (SSSR count). The number of piperidine rings is 1. The summed E-state index contributed by atoms with van der Waals surface area (Å²) in [4.78, 5) is 2.33. The summed E-state index contributed by atoms with van der Waals surface area (Å²) >= 11 is 0. The molecule has 1 aliphatic rings. The van der Waals surface area contributed by atoms with Crippen molar-refractivity contribution in [2.24, 2.45) is 0 Å². The number of phenolic OH excluding ortho intramolecular Hbond substituents is 1. The predicted octanol–water partition coefficient (Wildman–Crippen LogP) is 4.31. The molecule has 1 fully saturated rings. The fourth-order valence-corrected chi connectivity index (χ4v) is 3.98. The van der Waals surface area contributed by atoms with Crippen LogP contribution in [0, 0.1) is 5.82 Å². The van der Waals surface area contributed by atoms with E-state index in [2.05, 4.69) is 15.1 Å². The van der Waals surface area contributed by atoms with E-state index >= 15 is 0 Å². The zero-order valence-corrected chi connectivity index (χ0v) is 15.9. The Bertz CT molecular complexity index is 956. The first kappa shape index (κ1) is 18.5. The monoisotopic (exact) mass is 381 g/mol. The normalized spacial score (nSPS) is 17.6. The third-order valence-electron chi connectivity index (χ3n) is 5.40. The van der Waals surface area contributed by atoms with Crippen LogP contribution in [0.4, 0.5) is 4.39 Å². The molecule has 1 aliphatic heterocycles. The minimum Gasteiger partial charge on any atom is -0.508 e. The predicted molar refractivity (Wildman–Crippen MR) is 106 cm³/mol. The maximum absolute atomic E-state index is 13.7. The molecule has 1 unspecified atom stereocenters. The van der Waals surface area contributed by atoms with Crippen molar-refractivity contribution in [3.8, 4) is 22.6 Å². The van der Waals surface area contributed by atoms with Crippen LogP contribution >= 0.6 is 0 Å². The number of nitrogens with one attached hydrogen (secondary N) is 1. The minimum atomic E-state index is -0.247. The molecule has 0 bridgehead atoms. The number of benzene rings is 2. The number of phenols is 1. The molecule has 2 aromatic carbocycles. The van der Waals surface area contributed by atoms with E-state index in [-0.39, 0.29) is 17.5 Å². The minimum absolute atomic E-state index is 0.247. The first-order valence-electron chi connectivity index (χ1n) is 9.51. The summed E-state index contributed by atoms with van der Waals surface area (Å²) in [6.07, 6.45) is 3.87. The van der Waals surface area contributed by atoms with Crippen molar-refractivity contribution in [1.82, 2.24) is 15.1 Å². The highest BCUT2D eigenvalue weighted by Crippen LogP contribution is 2.34. The van der Waals surface area contributed by atoms with Crippen LogP contribution in [0.15, 0.2) is 48.7 Å². The van der Waals surface area contributed by atoms with Crippen LogP contribution in [0.25, 0.3) is 11.1 Å². The molecule has 0 spiro atoms. The van der Waals surface area contributed by atoms with Crippen molar-refractivity contribution in [1.29, 1.82) is 0 Å². The maximum Gasteiger partial charge on any atom is 0.123 e. The van der Waals surface area contributed by atoms with Crippen LogP contribution in [0.5, 0.6) is 11.5 Å². The SMILES string of the molecule is COc1ccc(O)c(CN2CCCC(c3[nH]ncc3-c3cccc(F)c3)C2)c1. The third kappa shape index (κ3) is 3.87. The average Bonchev–Trinajstić information content (AvgIpc) is 3.20. The molecular weight excluding hydrogens is 357 g/mol. The summed E-state index contributed by atoms with van der Waals surface area (Å²) in [5.74, 6) is 1.05. The highest BCUT2D eigenvalue weighted by Gasteiger charge is 2.26. The van der Waals surface area contributed by atoms with Crippen molar-refractivity contribution in [2.45, 2.75) is 25.3 Å². The van der Waals surface area contributed by atoms with Gasteiger partial charge in [0.1, 0.15) is 17.3 Å². The fraction of sp³-hybridized carbons (Fsp3) is 0.318. The number of aromatic amines is 1. The molecule has 0 radical (unpaired) electrons. The molecule has 3 aromatic rings. The van der Waals surface area contributed by atoms with Crippen LogP contribution in [-0.4, -0.2) is 40.4 Å². The first-order chi connectivity index (χ1) is 13.6. The summed E-state index contributed by atoms with van der Waals surface area (Å²) in [7, 11) is 1.62. The Labute approximate surface area is 163 Å². The van der Waals surface area contributed by atoms with Gasteiger partial charge in [-0.15, -0.1) is 0 Å². The molecule has 5 nitrogen and oxygen atoms in total. The summed E-state index contributed by atoms with van der Waals surface area (Å²) in [6.45, 7) is 2.47. The van der Waals surface area contributed by atoms with Crippen LogP contribution in [0.2, 0.25) is 0 Å². The number of ether oxygens (including phenoxy) is 1. The van der Waals surface area contributed by atoms with Crippen molar-refractivity contribution < 1.29 is 14.2 Å². The number of aromatic nitrogens is 2. The molecular formula is C22H24FN3O2. The van der Waals surface area contributed by atoms with Crippen LogP contribution in [-0.2, 0) is 6.54 Å². The Morgan fingerprint density at radius 1 is 1.29 bits per heavy atom. The van der Waals surface area contributed by atoms with Crippen molar-refractivity contribution in [2.75, 3.05) is 20.2 Å². The van der Waals surface area contributed by atoms with E-state index in [1.807, 2.05) is 12.1 Å². The Morgan fingerprint density at radius 2 is 2.18 bits per heavy atom. The standard InChI is InChI=1S/C22H24FN3O2/c1-28-19-7-8-21(27)17(11-19)14-26-9-3-5-16(13-26)22-20(12-24-25-22)15-4-2-6-18(23)10-15/h2,4,6-8,10-12,16,27H,3,5,9,13-14H2,1H3,(H,24,25). The number of rotatable bonds is 5. The molecule has 28 heavy (non-hydrogen) atoms. The maximum atomic E-state index is 13.7. The van der Waals surface area contributed by atoms with Gasteiger partial charge in [-0.2, -0.15) is 5.10 Å². The molecule has 6 heteroatoms. The van der Waals surface area contributed by atoms with E-state index in [0.717, 1.165) is 54.1 Å². The average molecular weight is 381 g/mol. The van der Waals surface area contributed by atoms with Gasteiger partial charge >= 0.3 is 0 Å². The lowest BCUT2D eigenvalue weighted by atomic mass is 9.90. The Balaban J connectivity index is 1.53. The van der Waals surface area contributed by atoms with E-state index < -0.39 is 0 Å². The van der Waals surface area contributed by atoms with Gasteiger partial charge in [0, 0.05) is 35.8 Å². The molecule has 146 valence electrons. The molecule has 0 amide bonds. The number of methoxy groups -OCH3 is 1. The molecule has 0 saturated carbocycles. The van der Waals surface area contributed by atoms with Crippen molar-refractivity contribution >= 4 is 0 Å². The number of halogens is 1. The molecule has 2 N–H and O–H groups in total. The number of hydrogen-bond acceptors (Lipinski definition) is 4. The Hall–Kier alpha value is -2.86. The fourth-order valence-electron chi connectivity index (χ4n) is 3.98. The van der Waals surface area contributed by atoms with Crippen LogP contribution in [0.3, 0.4) is 0 Å². The topological polar surface area (TPSA) is 61.4 Å². The largest absolute Gasteiger partial charge is 0.508 e.